The molecular weight excluding hydrogens is 252 g/mol. The number of rotatable bonds is 4. The molecule has 0 aliphatic heterocycles. The lowest BCUT2D eigenvalue weighted by atomic mass is 10.1. The highest BCUT2D eigenvalue weighted by molar-refractivity contribution is 6.31. The van der Waals surface area contributed by atoms with E-state index in [1.165, 1.54) is 6.08 Å². The molecule has 0 aliphatic rings. The maximum atomic E-state index is 10.4. The van der Waals surface area contributed by atoms with Gasteiger partial charge in [0.15, 0.2) is 0 Å². The molecule has 0 bridgehead atoms. The first kappa shape index (κ1) is 12.4. The summed E-state index contributed by atoms with van der Waals surface area (Å²) < 4.78 is 1.91. The molecule has 2 rings (SSSR count). The number of aliphatic carboxylic acids is 1. The second-order valence-corrected chi connectivity index (χ2v) is 4.16. The number of carboxylic acids is 1. The molecule has 2 aromatic rings. The zero-order valence-corrected chi connectivity index (χ0v) is 10.2. The second-order valence-electron chi connectivity index (χ2n) is 3.76. The van der Waals surface area contributed by atoms with Gasteiger partial charge in [0.1, 0.15) is 0 Å². The molecule has 0 amide bonds. The predicted molar refractivity (Wildman–Crippen MR) is 69.5 cm³/mol. The highest BCUT2D eigenvalue weighted by Crippen LogP contribution is 2.19. The molecule has 1 N–H and O–H groups in total. The Kier molecular flexibility index (Phi) is 3.79. The van der Waals surface area contributed by atoms with Crippen LogP contribution >= 0.6 is 11.6 Å². The lowest BCUT2D eigenvalue weighted by Crippen LogP contribution is -1.97. The van der Waals surface area contributed by atoms with Crippen molar-refractivity contribution in [1.29, 1.82) is 0 Å². The smallest absolute Gasteiger partial charge is 0.328 e. The minimum absolute atomic E-state index is 0.608. The monoisotopic (exact) mass is 262 g/mol. The largest absolute Gasteiger partial charge is 0.478 e. The van der Waals surface area contributed by atoms with Gasteiger partial charge in [-0.25, -0.2) is 9.78 Å². The summed E-state index contributed by atoms with van der Waals surface area (Å²) in [4.78, 5) is 14.4. The number of benzene rings is 1. The first-order valence-electron chi connectivity index (χ1n) is 5.30. The van der Waals surface area contributed by atoms with E-state index in [2.05, 4.69) is 4.98 Å². The molecule has 0 saturated carbocycles. The van der Waals surface area contributed by atoms with Crippen molar-refractivity contribution in [3.05, 3.63) is 59.1 Å². The lowest BCUT2D eigenvalue weighted by Gasteiger charge is -2.06. The molecule has 0 radical (unpaired) electrons. The summed E-state index contributed by atoms with van der Waals surface area (Å²) in [7, 11) is 0. The summed E-state index contributed by atoms with van der Waals surface area (Å²) in [6.07, 6.45) is 7.87. The van der Waals surface area contributed by atoms with Crippen LogP contribution in [0.15, 0.2) is 43.0 Å². The molecule has 1 heterocycles. The van der Waals surface area contributed by atoms with Gasteiger partial charge < -0.3 is 9.67 Å². The normalized spacial score (nSPS) is 10.9. The molecule has 0 aliphatic carbocycles. The van der Waals surface area contributed by atoms with E-state index in [1.807, 2.05) is 22.9 Å². The standard InChI is InChI=1S/C13H11ClN2O2/c14-12-7-10(2-4-13(17)18)1-3-11(12)8-16-6-5-15-9-16/h1-7,9H,8H2,(H,17,18). The molecule has 0 atom stereocenters. The molecule has 5 heteroatoms. The predicted octanol–water partition coefficient (Wildman–Crippen LogP) is 2.68. The van der Waals surface area contributed by atoms with E-state index in [0.29, 0.717) is 11.6 Å². The Labute approximate surface area is 109 Å². The van der Waals surface area contributed by atoms with E-state index in [9.17, 15) is 4.79 Å². The molecule has 1 aromatic carbocycles. The van der Waals surface area contributed by atoms with Crippen molar-refractivity contribution in [3.63, 3.8) is 0 Å². The van der Waals surface area contributed by atoms with Crippen LogP contribution in [-0.4, -0.2) is 20.6 Å². The zero-order chi connectivity index (χ0) is 13.0. The van der Waals surface area contributed by atoms with Crippen LogP contribution in [0, 0.1) is 0 Å². The zero-order valence-electron chi connectivity index (χ0n) is 9.45. The SMILES string of the molecule is O=C(O)C=Cc1ccc(Cn2ccnc2)c(Cl)c1. The van der Waals surface area contributed by atoms with E-state index >= 15 is 0 Å². The van der Waals surface area contributed by atoms with Gasteiger partial charge in [-0.2, -0.15) is 0 Å². The van der Waals surface area contributed by atoms with Crippen LogP contribution < -0.4 is 0 Å². The van der Waals surface area contributed by atoms with Crippen molar-refractivity contribution in [1.82, 2.24) is 9.55 Å². The maximum Gasteiger partial charge on any atom is 0.328 e. The van der Waals surface area contributed by atoms with Gasteiger partial charge >= 0.3 is 5.97 Å². The third kappa shape index (κ3) is 3.21. The summed E-state index contributed by atoms with van der Waals surface area (Å²) in [6, 6.07) is 5.45. The third-order valence-electron chi connectivity index (χ3n) is 2.41. The van der Waals surface area contributed by atoms with Gasteiger partial charge in [0.2, 0.25) is 0 Å². The molecule has 0 spiro atoms. The number of aromatic nitrogens is 2. The Morgan fingerprint density at radius 1 is 1.50 bits per heavy atom. The average Bonchev–Trinajstić information content (AvgIpc) is 2.82. The minimum Gasteiger partial charge on any atom is -0.478 e. The number of hydrogen-bond donors (Lipinski definition) is 1. The Morgan fingerprint density at radius 2 is 2.33 bits per heavy atom. The van der Waals surface area contributed by atoms with Crippen molar-refractivity contribution < 1.29 is 9.90 Å². The van der Waals surface area contributed by atoms with E-state index < -0.39 is 5.97 Å². The van der Waals surface area contributed by atoms with Gasteiger partial charge in [-0.15, -0.1) is 0 Å². The number of imidazole rings is 1. The summed E-state index contributed by atoms with van der Waals surface area (Å²) in [6.45, 7) is 0.641. The van der Waals surface area contributed by atoms with E-state index in [1.54, 1.807) is 18.6 Å². The van der Waals surface area contributed by atoms with Crippen LogP contribution in [-0.2, 0) is 11.3 Å². The molecule has 18 heavy (non-hydrogen) atoms. The van der Waals surface area contributed by atoms with Gasteiger partial charge in [-0.3, -0.25) is 0 Å². The fourth-order valence-corrected chi connectivity index (χ4v) is 1.79. The van der Waals surface area contributed by atoms with Gasteiger partial charge in [0.25, 0.3) is 0 Å². The topological polar surface area (TPSA) is 55.1 Å². The molecule has 0 saturated heterocycles. The Balaban J connectivity index is 2.17. The molecule has 0 unspecified atom stereocenters. The highest BCUT2D eigenvalue weighted by atomic mass is 35.5. The van der Waals surface area contributed by atoms with E-state index in [0.717, 1.165) is 17.2 Å². The molecular formula is C13H11ClN2O2. The molecule has 0 fully saturated rings. The van der Waals surface area contributed by atoms with Crippen molar-refractivity contribution in [3.8, 4) is 0 Å². The van der Waals surface area contributed by atoms with E-state index in [4.69, 9.17) is 16.7 Å². The number of carbonyl (C=O) groups is 1. The summed E-state index contributed by atoms with van der Waals surface area (Å²) in [5, 5.41) is 9.15. The summed E-state index contributed by atoms with van der Waals surface area (Å²) in [5.74, 6) is -0.978. The Bertz CT molecular complexity index is 577. The van der Waals surface area contributed by atoms with Crippen molar-refractivity contribution in [2.45, 2.75) is 6.54 Å². The van der Waals surface area contributed by atoms with Crippen molar-refractivity contribution >= 4 is 23.6 Å². The fraction of sp³-hybridized carbons (Fsp3) is 0.0769. The molecule has 1 aromatic heterocycles. The Hall–Kier alpha value is -2.07. The lowest BCUT2D eigenvalue weighted by molar-refractivity contribution is -0.131. The van der Waals surface area contributed by atoms with Gasteiger partial charge in [-0.05, 0) is 23.3 Å². The van der Waals surface area contributed by atoms with Crippen molar-refractivity contribution in [2.24, 2.45) is 0 Å². The summed E-state index contributed by atoms with van der Waals surface area (Å²) in [5.41, 5.74) is 1.72. The van der Waals surface area contributed by atoms with Gasteiger partial charge in [0, 0.05) is 30.0 Å². The Morgan fingerprint density at radius 3 is 2.94 bits per heavy atom. The minimum atomic E-state index is -0.978. The maximum absolute atomic E-state index is 10.4. The molecule has 92 valence electrons. The van der Waals surface area contributed by atoms with Gasteiger partial charge in [-0.1, -0.05) is 23.7 Å². The highest BCUT2D eigenvalue weighted by Gasteiger charge is 2.02. The molecule has 4 nitrogen and oxygen atoms in total. The third-order valence-corrected chi connectivity index (χ3v) is 2.76. The second kappa shape index (κ2) is 5.51. The first-order chi connectivity index (χ1) is 8.65. The van der Waals surface area contributed by atoms with Gasteiger partial charge in [0.05, 0.1) is 6.33 Å². The number of hydrogen-bond acceptors (Lipinski definition) is 2. The number of nitrogens with zero attached hydrogens (tertiary/aromatic N) is 2. The van der Waals surface area contributed by atoms with Crippen LogP contribution in [0.4, 0.5) is 0 Å². The van der Waals surface area contributed by atoms with Crippen LogP contribution in [0.5, 0.6) is 0 Å². The quantitative estimate of drug-likeness (QED) is 0.862. The van der Waals surface area contributed by atoms with Crippen LogP contribution in [0.25, 0.3) is 6.08 Å². The first-order valence-corrected chi connectivity index (χ1v) is 5.68. The number of carboxylic acid groups (broad SMARTS) is 1. The average molecular weight is 263 g/mol. The van der Waals surface area contributed by atoms with Crippen molar-refractivity contribution in [2.75, 3.05) is 0 Å². The van der Waals surface area contributed by atoms with Crippen LogP contribution in [0.1, 0.15) is 11.1 Å². The van der Waals surface area contributed by atoms with Crippen LogP contribution in [0.2, 0.25) is 5.02 Å². The van der Waals surface area contributed by atoms with E-state index in [-0.39, 0.29) is 0 Å². The fourth-order valence-electron chi connectivity index (χ4n) is 1.54. The summed E-state index contributed by atoms with van der Waals surface area (Å²) >= 11 is 6.15. The van der Waals surface area contributed by atoms with Crippen LogP contribution in [0.3, 0.4) is 0 Å². The number of halogens is 1.